The quantitative estimate of drug-likeness (QED) is 0.733. The van der Waals surface area contributed by atoms with Gasteiger partial charge in [-0.15, -0.1) is 11.3 Å². The molecule has 0 aliphatic rings. The summed E-state index contributed by atoms with van der Waals surface area (Å²) in [5.74, 6) is -0.154. The molecular formula is C17H13ClN2OS. The van der Waals surface area contributed by atoms with Crippen LogP contribution in [0.2, 0.25) is 5.02 Å². The molecule has 110 valence electrons. The van der Waals surface area contributed by atoms with Crippen molar-refractivity contribution >= 4 is 34.0 Å². The van der Waals surface area contributed by atoms with Crippen molar-refractivity contribution in [3.8, 4) is 11.3 Å². The smallest absolute Gasteiger partial charge is 0.257 e. The summed E-state index contributed by atoms with van der Waals surface area (Å²) in [5.41, 5.74) is 3.20. The van der Waals surface area contributed by atoms with Crippen molar-refractivity contribution in [1.29, 1.82) is 0 Å². The van der Waals surface area contributed by atoms with Crippen molar-refractivity contribution < 1.29 is 4.79 Å². The number of nitrogens with zero attached hydrogens (tertiary/aromatic N) is 1. The molecule has 0 spiro atoms. The Kier molecular flexibility index (Phi) is 4.22. The van der Waals surface area contributed by atoms with Gasteiger partial charge in [-0.1, -0.05) is 48.0 Å². The molecule has 1 heterocycles. The molecule has 1 aromatic heterocycles. The standard InChI is InChI=1S/C17H13ClN2OS/c1-11-6-2-3-7-12(11)16(21)20-17-19-15(10-22-17)13-8-4-5-9-14(13)18/h2-10H,1H3,(H,19,20,21). The molecule has 3 aromatic rings. The van der Waals surface area contributed by atoms with Crippen LogP contribution in [0.5, 0.6) is 0 Å². The lowest BCUT2D eigenvalue weighted by molar-refractivity contribution is 0.102. The minimum atomic E-state index is -0.154. The molecule has 1 amide bonds. The fourth-order valence-corrected chi connectivity index (χ4v) is 3.05. The lowest BCUT2D eigenvalue weighted by Gasteiger charge is -2.04. The Balaban J connectivity index is 1.82. The maximum Gasteiger partial charge on any atom is 0.257 e. The van der Waals surface area contributed by atoms with E-state index in [4.69, 9.17) is 11.6 Å². The Hall–Kier alpha value is -2.17. The van der Waals surface area contributed by atoms with Crippen LogP contribution in [-0.2, 0) is 0 Å². The van der Waals surface area contributed by atoms with E-state index in [1.54, 1.807) is 6.07 Å². The number of anilines is 1. The summed E-state index contributed by atoms with van der Waals surface area (Å²) >= 11 is 7.55. The number of carbonyl (C=O) groups is 1. The van der Waals surface area contributed by atoms with Gasteiger partial charge in [-0.25, -0.2) is 4.98 Å². The Labute approximate surface area is 137 Å². The van der Waals surface area contributed by atoms with Gasteiger partial charge in [-0.2, -0.15) is 0 Å². The summed E-state index contributed by atoms with van der Waals surface area (Å²) in [6, 6.07) is 15.0. The van der Waals surface area contributed by atoms with Gasteiger partial charge < -0.3 is 0 Å². The van der Waals surface area contributed by atoms with Crippen molar-refractivity contribution in [1.82, 2.24) is 4.98 Å². The largest absolute Gasteiger partial charge is 0.298 e. The van der Waals surface area contributed by atoms with Gasteiger partial charge in [0.25, 0.3) is 5.91 Å². The summed E-state index contributed by atoms with van der Waals surface area (Å²) in [6.45, 7) is 1.91. The van der Waals surface area contributed by atoms with Gasteiger partial charge in [0, 0.05) is 21.5 Å². The summed E-state index contributed by atoms with van der Waals surface area (Å²) in [5, 5.41) is 5.92. The van der Waals surface area contributed by atoms with Gasteiger partial charge in [0.05, 0.1) is 5.69 Å². The third-order valence-electron chi connectivity index (χ3n) is 3.26. The number of rotatable bonds is 3. The van der Waals surface area contributed by atoms with E-state index in [0.717, 1.165) is 16.8 Å². The molecule has 22 heavy (non-hydrogen) atoms. The Bertz CT molecular complexity index is 829. The molecule has 0 radical (unpaired) electrons. The second-order valence-electron chi connectivity index (χ2n) is 4.79. The molecule has 0 unspecified atom stereocenters. The number of amides is 1. The van der Waals surface area contributed by atoms with Crippen LogP contribution >= 0.6 is 22.9 Å². The van der Waals surface area contributed by atoms with E-state index in [2.05, 4.69) is 10.3 Å². The third kappa shape index (κ3) is 3.03. The maximum atomic E-state index is 12.3. The van der Waals surface area contributed by atoms with Crippen molar-refractivity contribution in [2.24, 2.45) is 0 Å². The van der Waals surface area contributed by atoms with Crippen LogP contribution in [0.3, 0.4) is 0 Å². The van der Waals surface area contributed by atoms with Crippen LogP contribution in [0.4, 0.5) is 5.13 Å². The number of carbonyl (C=O) groups excluding carboxylic acids is 1. The molecule has 5 heteroatoms. The van der Waals surface area contributed by atoms with Crippen molar-refractivity contribution in [3.05, 3.63) is 70.1 Å². The number of aromatic nitrogens is 1. The summed E-state index contributed by atoms with van der Waals surface area (Å²) in [4.78, 5) is 16.7. The molecule has 0 saturated carbocycles. The average Bonchev–Trinajstić information content (AvgIpc) is 2.96. The number of nitrogens with one attached hydrogen (secondary N) is 1. The summed E-state index contributed by atoms with van der Waals surface area (Å²) < 4.78 is 0. The molecule has 0 aliphatic heterocycles. The van der Waals surface area contributed by atoms with E-state index in [1.807, 2.05) is 54.8 Å². The number of halogens is 1. The van der Waals surface area contributed by atoms with Crippen LogP contribution in [-0.4, -0.2) is 10.9 Å². The van der Waals surface area contributed by atoms with Crippen molar-refractivity contribution in [3.63, 3.8) is 0 Å². The molecule has 0 saturated heterocycles. The van der Waals surface area contributed by atoms with Gasteiger partial charge >= 0.3 is 0 Å². The van der Waals surface area contributed by atoms with Gasteiger partial charge in [0.15, 0.2) is 5.13 Å². The topological polar surface area (TPSA) is 42.0 Å². The van der Waals surface area contributed by atoms with Crippen LogP contribution in [0.15, 0.2) is 53.9 Å². The summed E-state index contributed by atoms with van der Waals surface area (Å²) in [7, 11) is 0. The molecule has 0 atom stereocenters. The fraction of sp³-hybridized carbons (Fsp3) is 0.0588. The van der Waals surface area contributed by atoms with Crippen LogP contribution < -0.4 is 5.32 Å². The monoisotopic (exact) mass is 328 g/mol. The van der Waals surface area contributed by atoms with E-state index in [0.29, 0.717) is 15.7 Å². The normalized spacial score (nSPS) is 10.5. The second-order valence-corrected chi connectivity index (χ2v) is 6.05. The third-order valence-corrected chi connectivity index (χ3v) is 4.35. The van der Waals surface area contributed by atoms with E-state index in [-0.39, 0.29) is 5.91 Å². The number of thiazole rings is 1. The fourth-order valence-electron chi connectivity index (χ4n) is 2.12. The van der Waals surface area contributed by atoms with E-state index in [1.165, 1.54) is 11.3 Å². The Morgan fingerprint density at radius 1 is 1.14 bits per heavy atom. The number of hydrogen-bond donors (Lipinski definition) is 1. The minimum absolute atomic E-state index is 0.154. The zero-order chi connectivity index (χ0) is 15.5. The molecular weight excluding hydrogens is 316 g/mol. The van der Waals surface area contributed by atoms with Crippen LogP contribution in [0.25, 0.3) is 11.3 Å². The first-order valence-electron chi connectivity index (χ1n) is 6.72. The Morgan fingerprint density at radius 2 is 1.86 bits per heavy atom. The predicted octanol–water partition coefficient (Wildman–Crippen LogP) is 5.02. The molecule has 1 N–H and O–H groups in total. The molecule has 0 aliphatic carbocycles. The molecule has 3 rings (SSSR count). The van der Waals surface area contributed by atoms with E-state index < -0.39 is 0 Å². The Morgan fingerprint density at radius 3 is 2.64 bits per heavy atom. The zero-order valence-corrected chi connectivity index (χ0v) is 13.4. The zero-order valence-electron chi connectivity index (χ0n) is 11.8. The highest BCUT2D eigenvalue weighted by Gasteiger charge is 2.12. The second kappa shape index (κ2) is 6.30. The lowest BCUT2D eigenvalue weighted by Crippen LogP contribution is -2.12. The van der Waals surface area contributed by atoms with Gasteiger partial charge in [-0.3, -0.25) is 10.1 Å². The van der Waals surface area contributed by atoms with Crippen LogP contribution in [0, 0.1) is 6.92 Å². The first-order chi connectivity index (χ1) is 10.6. The SMILES string of the molecule is Cc1ccccc1C(=O)Nc1nc(-c2ccccc2Cl)cs1. The highest BCUT2D eigenvalue weighted by molar-refractivity contribution is 7.14. The van der Waals surface area contributed by atoms with Gasteiger partial charge in [0.2, 0.25) is 0 Å². The maximum absolute atomic E-state index is 12.3. The highest BCUT2D eigenvalue weighted by Crippen LogP contribution is 2.30. The number of hydrogen-bond acceptors (Lipinski definition) is 3. The molecule has 0 bridgehead atoms. The van der Waals surface area contributed by atoms with Crippen molar-refractivity contribution in [2.75, 3.05) is 5.32 Å². The van der Waals surface area contributed by atoms with Crippen molar-refractivity contribution in [2.45, 2.75) is 6.92 Å². The molecule has 0 fully saturated rings. The number of aryl methyl sites for hydroxylation is 1. The highest BCUT2D eigenvalue weighted by atomic mass is 35.5. The minimum Gasteiger partial charge on any atom is -0.298 e. The summed E-state index contributed by atoms with van der Waals surface area (Å²) in [6.07, 6.45) is 0. The lowest BCUT2D eigenvalue weighted by atomic mass is 10.1. The van der Waals surface area contributed by atoms with Crippen LogP contribution in [0.1, 0.15) is 15.9 Å². The first kappa shape index (κ1) is 14.8. The average molecular weight is 329 g/mol. The molecule has 3 nitrogen and oxygen atoms in total. The number of benzene rings is 2. The first-order valence-corrected chi connectivity index (χ1v) is 7.98. The van der Waals surface area contributed by atoms with Gasteiger partial charge in [0.1, 0.15) is 0 Å². The van der Waals surface area contributed by atoms with Gasteiger partial charge in [-0.05, 0) is 24.6 Å². The van der Waals surface area contributed by atoms with E-state index >= 15 is 0 Å². The molecule has 2 aromatic carbocycles. The van der Waals surface area contributed by atoms with E-state index in [9.17, 15) is 4.79 Å². The predicted molar refractivity (Wildman–Crippen MR) is 91.7 cm³/mol.